The Morgan fingerprint density at radius 2 is 1.97 bits per heavy atom. The third kappa shape index (κ3) is 4.53. The van der Waals surface area contributed by atoms with Gasteiger partial charge in [0.15, 0.2) is 5.01 Å². The van der Waals surface area contributed by atoms with Gasteiger partial charge in [0.25, 0.3) is 6.43 Å². The Morgan fingerprint density at radius 1 is 1.26 bits per heavy atom. The van der Waals surface area contributed by atoms with Gasteiger partial charge in [-0.25, -0.2) is 21.6 Å². The fraction of sp³-hybridized carbons (Fsp3) is 0.524. The summed E-state index contributed by atoms with van der Waals surface area (Å²) < 4.78 is 76.0. The molecule has 2 saturated heterocycles. The van der Waals surface area contributed by atoms with Crippen molar-refractivity contribution in [1.29, 1.82) is 0 Å². The zero-order valence-corrected chi connectivity index (χ0v) is 20.7. The summed E-state index contributed by atoms with van der Waals surface area (Å²) in [7, 11) is -4.13. The molecule has 5 heterocycles. The molecule has 14 heteroatoms. The number of aromatic nitrogens is 3. The van der Waals surface area contributed by atoms with Gasteiger partial charge in [0, 0.05) is 36.9 Å². The van der Waals surface area contributed by atoms with Gasteiger partial charge in [-0.1, -0.05) is 11.3 Å². The number of piperazine rings is 1. The second-order valence-electron chi connectivity index (χ2n) is 9.17. The van der Waals surface area contributed by atoms with Crippen LogP contribution in [-0.4, -0.2) is 73.6 Å². The van der Waals surface area contributed by atoms with Gasteiger partial charge < -0.3 is 19.4 Å². The molecule has 0 radical (unpaired) electrons. The number of alkyl halides is 3. The van der Waals surface area contributed by atoms with Gasteiger partial charge in [-0.15, -0.1) is 10.2 Å². The normalized spacial score (nSPS) is 22.6. The molecule has 0 aliphatic carbocycles. The highest BCUT2D eigenvalue weighted by atomic mass is 32.2. The summed E-state index contributed by atoms with van der Waals surface area (Å²) in [5.74, 6) is 0.618. The molecule has 0 saturated carbocycles. The second kappa shape index (κ2) is 9.00. The molecule has 2 atom stereocenters. The number of sulfonamides is 1. The van der Waals surface area contributed by atoms with Crippen molar-refractivity contribution in [3.8, 4) is 10.6 Å². The van der Waals surface area contributed by atoms with Crippen LogP contribution in [0.15, 0.2) is 29.3 Å². The molecule has 2 fully saturated rings. The van der Waals surface area contributed by atoms with E-state index in [0.29, 0.717) is 30.0 Å². The van der Waals surface area contributed by atoms with Crippen molar-refractivity contribution in [3.05, 3.63) is 29.4 Å². The van der Waals surface area contributed by atoms with Crippen LogP contribution in [0.4, 0.5) is 19.0 Å². The lowest BCUT2D eigenvalue weighted by Crippen LogP contribution is -2.63. The minimum Gasteiger partial charge on any atom is -0.377 e. The van der Waals surface area contributed by atoms with Gasteiger partial charge >= 0.3 is 0 Å². The van der Waals surface area contributed by atoms with Crippen LogP contribution in [0.5, 0.6) is 0 Å². The molecule has 5 rings (SSSR count). The lowest BCUT2D eigenvalue weighted by molar-refractivity contribution is -0.0725. The molecule has 190 valence electrons. The van der Waals surface area contributed by atoms with Crippen LogP contribution in [-0.2, 0) is 14.8 Å². The maximum Gasteiger partial charge on any atom is 0.291 e. The van der Waals surface area contributed by atoms with Crippen molar-refractivity contribution < 1.29 is 26.3 Å². The molecular formula is C21H25F3N6O3S2. The van der Waals surface area contributed by atoms with E-state index in [-0.39, 0.29) is 35.2 Å². The first-order chi connectivity index (χ1) is 16.6. The molecular weight excluding hydrogens is 505 g/mol. The lowest BCUT2D eigenvalue weighted by atomic mass is 10.0. The molecule has 0 amide bonds. The number of rotatable bonds is 7. The highest BCUT2D eigenvalue weighted by Crippen LogP contribution is 2.36. The van der Waals surface area contributed by atoms with Gasteiger partial charge in [-0.3, -0.25) is 0 Å². The summed E-state index contributed by atoms with van der Waals surface area (Å²) in [5, 5.41) is 10.8. The molecule has 0 aromatic carbocycles. The van der Waals surface area contributed by atoms with Gasteiger partial charge in [0.05, 0.1) is 23.6 Å². The van der Waals surface area contributed by atoms with Gasteiger partial charge in [-0.2, -0.15) is 4.72 Å². The number of anilines is 1. The van der Waals surface area contributed by atoms with E-state index in [1.54, 1.807) is 18.3 Å². The summed E-state index contributed by atoms with van der Waals surface area (Å²) in [5.41, 5.74) is -0.340. The molecule has 35 heavy (non-hydrogen) atoms. The molecule has 2 aliphatic rings. The lowest BCUT2D eigenvalue weighted by Gasteiger charge is -2.39. The number of fused-ring (bicyclic) bond motifs is 1. The maximum atomic E-state index is 13.7. The molecule has 0 bridgehead atoms. The fourth-order valence-corrected chi connectivity index (χ4v) is 6.67. The van der Waals surface area contributed by atoms with E-state index in [4.69, 9.17) is 4.74 Å². The standard InChI is InChI=1S/C21H25F3N6O3S2/c1-12-7-29(8-13(2)25-12)17-6-14(35(31,32)28-21(9-22)10-33-11-21)5-16-15(3-4-30(16)17)19-26-27-20(34-19)18(23)24/h3-6,12-13,18,25,28H,7-11H2,1-2H3/t12-,13-/m0/s1. The third-order valence-electron chi connectivity index (χ3n) is 6.14. The van der Waals surface area contributed by atoms with Crippen molar-refractivity contribution in [3.63, 3.8) is 0 Å². The number of halogens is 3. The van der Waals surface area contributed by atoms with Crippen molar-refractivity contribution in [2.45, 2.75) is 42.8 Å². The summed E-state index contributed by atoms with van der Waals surface area (Å²) >= 11 is 0.755. The first-order valence-electron chi connectivity index (χ1n) is 11.1. The van der Waals surface area contributed by atoms with Crippen LogP contribution in [0.1, 0.15) is 25.3 Å². The van der Waals surface area contributed by atoms with E-state index in [9.17, 15) is 21.6 Å². The van der Waals surface area contributed by atoms with E-state index in [1.165, 1.54) is 6.07 Å². The Labute approximate surface area is 204 Å². The van der Waals surface area contributed by atoms with E-state index < -0.39 is 33.7 Å². The van der Waals surface area contributed by atoms with Crippen LogP contribution >= 0.6 is 11.3 Å². The van der Waals surface area contributed by atoms with Gasteiger partial charge in [-0.05, 0) is 32.0 Å². The molecule has 2 N–H and O–H groups in total. The molecule has 3 aromatic heterocycles. The Kier molecular flexibility index (Phi) is 6.28. The Hall–Kier alpha value is -2.26. The number of hydrogen-bond acceptors (Lipinski definition) is 8. The average molecular weight is 531 g/mol. The number of pyridine rings is 1. The van der Waals surface area contributed by atoms with Gasteiger partial charge in [0.2, 0.25) is 10.0 Å². The minimum absolute atomic E-state index is 0.0534. The van der Waals surface area contributed by atoms with E-state index in [1.807, 2.05) is 18.2 Å². The van der Waals surface area contributed by atoms with E-state index in [2.05, 4.69) is 25.1 Å². The zero-order chi connectivity index (χ0) is 25.0. The average Bonchev–Trinajstić information content (AvgIpc) is 3.42. The van der Waals surface area contributed by atoms with Crippen LogP contribution in [0, 0.1) is 0 Å². The SMILES string of the molecule is C[C@H]1CN(c2cc(S(=O)(=O)NC3(CF)COC3)cc3c(-c4nnc(C(F)F)s4)ccn23)C[C@H](C)N1. The smallest absolute Gasteiger partial charge is 0.291 e. The molecule has 0 spiro atoms. The number of hydrogen-bond donors (Lipinski definition) is 2. The molecule has 2 aliphatic heterocycles. The fourth-order valence-electron chi connectivity index (χ4n) is 4.55. The summed E-state index contributed by atoms with van der Waals surface area (Å²) in [4.78, 5) is 2.01. The van der Waals surface area contributed by atoms with Crippen molar-refractivity contribution in [2.24, 2.45) is 0 Å². The van der Waals surface area contributed by atoms with Gasteiger partial charge in [0.1, 0.15) is 23.0 Å². The first kappa shape index (κ1) is 24.4. The van der Waals surface area contributed by atoms with Crippen LogP contribution < -0.4 is 14.9 Å². The van der Waals surface area contributed by atoms with Crippen molar-refractivity contribution in [2.75, 3.05) is 37.9 Å². The van der Waals surface area contributed by atoms with Crippen LogP contribution in [0.2, 0.25) is 0 Å². The number of nitrogens with zero attached hydrogens (tertiary/aromatic N) is 4. The predicted molar refractivity (Wildman–Crippen MR) is 125 cm³/mol. The highest BCUT2D eigenvalue weighted by molar-refractivity contribution is 7.89. The predicted octanol–water partition coefficient (Wildman–Crippen LogP) is 2.60. The van der Waals surface area contributed by atoms with E-state index >= 15 is 0 Å². The summed E-state index contributed by atoms with van der Waals surface area (Å²) in [6, 6.07) is 5.02. The number of ether oxygens (including phenoxy) is 1. The Bertz CT molecular complexity index is 1330. The summed E-state index contributed by atoms with van der Waals surface area (Å²) in [6.07, 6.45) is -0.996. The quantitative estimate of drug-likeness (QED) is 0.484. The Balaban J connectivity index is 1.65. The molecule has 3 aromatic rings. The topological polar surface area (TPSA) is 101 Å². The van der Waals surface area contributed by atoms with Crippen molar-refractivity contribution in [1.82, 2.24) is 24.6 Å². The maximum absolute atomic E-state index is 13.7. The van der Waals surface area contributed by atoms with Crippen LogP contribution in [0.25, 0.3) is 16.1 Å². The first-order valence-corrected chi connectivity index (χ1v) is 13.4. The third-order valence-corrected chi connectivity index (χ3v) is 8.66. The van der Waals surface area contributed by atoms with Crippen LogP contribution in [0.3, 0.4) is 0 Å². The summed E-state index contributed by atoms with van der Waals surface area (Å²) in [6.45, 7) is 4.33. The Morgan fingerprint density at radius 3 is 2.54 bits per heavy atom. The van der Waals surface area contributed by atoms with Crippen molar-refractivity contribution >= 4 is 32.7 Å². The molecule has 0 unspecified atom stereocenters. The van der Waals surface area contributed by atoms with E-state index in [0.717, 1.165) is 11.3 Å². The minimum atomic E-state index is -4.13. The highest BCUT2D eigenvalue weighted by Gasteiger charge is 2.43. The second-order valence-corrected chi connectivity index (χ2v) is 11.9. The molecule has 9 nitrogen and oxygen atoms in total. The number of nitrogens with one attached hydrogen (secondary N) is 2. The largest absolute Gasteiger partial charge is 0.377 e. The monoisotopic (exact) mass is 530 g/mol. The zero-order valence-electron chi connectivity index (χ0n) is 19.0.